The van der Waals surface area contributed by atoms with E-state index >= 15 is 0 Å². The zero-order valence-electron chi connectivity index (χ0n) is 12.7. The SMILES string of the molecule is Cc1cccc(OCC(=O)N(C)CC(C)(C)CN)c1.Cl. The molecule has 1 aromatic rings. The Kier molecular flexibility index (Phi) is 7.61. The van der Waals surface area contributed by atoms with Crippen LogP contribution >= 0.6 is 12.4 Å². The first kappa shape index (κ1) is 18.7. The maximum Gasteiger partial charge on any atom is 0.260 e. The number of aryl methyl sites for hydroxylation is 1. The van der Waals surface area contributed by atoms with Crippen molar-refractivity contribution in [1.82, 2.24) is 4.90 Å². The van der Waals surface area contributed by atoms with Crippen molar-refractivity contribution in [2.75, 3.05) is 26.7 Å². The van der Waals surface area contributed by atoms with Crippen LogP contribution in [0.5, 0.6) is 5.75 Å². The molecule has 1 aromatic carbocycles. The molecule has 5 heteroatoms. The smallest absolute Gasteiger partial charge is 0.260 e. The lowest BCUT2D eigenvalue weighted by molar-refractivity contribution is -0.133. The summed E-state index contributed by atoms with van der Waals surface area (Å²) in [4.78, 5) is 13.6. The van der Waals surface area contributed by atoms with Gasteiger partial charge in [-0.05, 0) is 36.6 Å². The highest BCUT2D eigenvalue weighted by Crippen LogP contribution is 2.15. The predicted molar refractivity (Wildman–Crippen MR) is 84.4 cm³/mol. The molecule has 0 heterocycles. The van der Waals surface area contributed by atoms with E-state index in [1.165, 1.54) is 0 Å². The molecule has 2 N–H and O–H groups in total. The van der Waals surface area contributed by atoms with E-state index in [0.717, 1.165) is 11.3 Å². The van der Waals surface area contributed by atoms with Gasteiger partial charge in [0.1, 0.15) is 5.75 Å². The van der Waals surface area contributed by atoms with Crippen LogP contribution in [0.1, 0.15) is 19.4 Å². The van der Waals surface area contributed by atoms with Gasteiger partial charge in [0, 0.05) is 13.6 Å². The van der Waals surface area contributed by atoms with Crippen LogP contribution in [-0.4, -0.2) is 37.6 Å². The number of carbonyl (C=O) groups is 1. The van der Waals surface area contributed by atoms with Crippen LogP contribution in [0, 0.1) is 12.3 Å². The molecule has 114 valence electrons. The second kappa shape index (κ2) is 8.12. The quantitative estimate of drug-likeness (QED) is 0.876. The lowest BCUT2D eigenvalue weighted by atomic mass is 9.93. The minimum absolute atomic E-state index is 0. The monoisotopic (exact) mass is 300 g/mol. The summed E-state index contributed by atoms with van der Waals surface area (Å²) in [7, 11) is 1.78. The molecule has 0 spiro atoms. The zero-order chi connectivity index (χ0) is 14.5. The third kappa shape index (κ3) is 6.26. The second-order valence-electron chi connectivity index (χ2n) is 5.72. The summed E-state index contributed by atoms with van der Waals surface area (Å²) in [6.45, 7) is 7.30. The Bertz CT molecular complexity index is 436. The van der Waals surface area contributed by atoms with E-state index in [0.29, 0.717) is 13.1 Å². The fourth-order valence-electron chi connectivity index (χ4n) is 1.76. The Labute approximate surface area is 127 Å². The van der Waals surface area contributed by atoms with Crippen LogP contribution in [0.2, 0.25) is 0 Å². The van der Waals surface area contributed by atoms with Gasteiger partial charge in [0.25, 0.3) is 5.91 Å². The number of hydrogen-bond donors (Lipinski definition) is 1. The van der Waals surface area contributed by atoms with E-state index in [1.54, 1.807) is 11.9 Å². The van der Waals surface area contributed by atoms with Gasteiger partial charge in [-0.3, -0.25) is 4.79 Å². The third-order valence-corrected chi connectivity index (χ3v) is 3.00. The minimum atomic E-state index is -0.0756. The van der Waals surface area contributed by atoms with Crippen LogP contribution in [0.15, 0.2) is 24.3 Å². The zero-order valence-corrected chi connectivity index (χ0v) is 13.5. The highest BCUT2D eigenvalue weighted by atomic mass is 35.5. The van der Waals surface area contributed by atoms with Crippen molar-refractivity contribution in [2.45, 2.75) is 20.8 Å². The van der Waals surface area contributed by atoms with E-state index in [1.807, 2.05) is 45.0 Å². The number of amides is 1. The van der Waals surface area contributed by atoms with Crippen molar-refractivity contribution < 1.29 is 9.53 Å². The number of ether oxygens (including phenoxy) is 1. The van der Waals surface area contributed by atoms with Crippen LogP contribution in [0.25, 0.3) is 0 Å². The molecule has 0 aromatic heterocycles. The average molecular weight is 301 g/mol. The number of hydrogen-bond acceptors (Lipinski definition) is 3. The lowest BCUT2D eigenvalue weighted by Crippen LogP contribution is -2.41. The highest BCUT2D eigenvalue weighted by molar-refractivity contribution is 5.85. The Morgan fingerprint density at radius 2 is 2.05 bits per heavy atom. The average Bonchev–Trinajstić information content (AvgIpc) is 2.35. The molecule has 20 heavy (non-hydrogen) atoms. The van der Waals surface area contributed by atoms with Crippen LogP contribution in [0.4, 0.5) is 0 Å². The Balaban J connectivity index is 0.00000361. The molecule has 0 saturated carbocycles. The summed E-state index contributed by atoms with van der Waals surface area (Å²) in [6, 6.07) is 7.67. The minimum Gasteiger partial charge on any atom is -0.484 e. The molecule has 0 saturated heterocycles. The van der Waals surface area contributed by atoms with E-state index in [-0.39, 0.29) is 30.3 Å². The number of carbonyl (C=O) groups excluding carboxylic acids is 1. The molecule has 0 unspecified atom stereocenters. The van der Waals surface area contributed by atoms with Crippen molar-refractivity contribution in [3.8, 4) is 5.75 Å². The molecular weight excluding hydrogens is 276 g/mol. The molecule has 0 atom stereocenters. The van der Waals surface area contributed by atoms with Crippen molar-refractivity contribution in [3.63, 3.8) is 0 Å². The van der Waals surface area contributed by atoms with Crippen LogP contribution in [0.3, 0.4) is 0 Å². The topological polar surface area (TPSA) is 55.6 Å². The van der Waals surface area contributed by atoms with Gasteiger partial charge in [0.15, 0.2) is 6.61 Å². The molecule has 0 radical (unpaired) electrons. The largest absolute Gasteiger partial charge is 0.484 e. The van der Waals surface area contributed by atoms with Gasteiger partial charge in [0.2, 0.25) is 0 Å². The Hall–Kier alpha value is -1.26. The van der Waals surface area contributed by atoms with E-state index in [4.69, 9.17) is 10.5 Å². The molecule has 0 aliphatic heterocycles. The molecule has 0 bridgehead atoms. The molecule has 1 rings (SSSR count). The van der Waals surface area contributed by atoms with E-state index in [9.17, 15) is 4.79 Å². The van der Waals surface area contributed by atoms with Gasteiger partial charge in [-0.2, -0.15) is 0 Å². The molecule has 0 aliphatic carbocycles. The maximum absolute atomic E-state index is 12.0. The fraction of sp³-hybridized carbons (Fsp3) is 0.533. The summed E-state index contributed by atoms with van der Waals surface area (Å²) >= 11 is 0. The van der Waals surface area contributed by atoms with Crippen molar-refractivity contribution in [3.05, 3.63) is 29.8 Å². The van der Waals surface area contributed by atoms with Gasteiger partial charge >= 0.3 is 0 Å². The normalized spacial score (nSPS) is 10.7. The molecule has 0 aliphatic rings. The fourth-order valence-corrected chi connectivity index (χ4v) is 1.76. The maximum atomic E-state index is 12.0. The number of likely N-dealkylation sites (N-methyl/N-ethyl adjacent to an activating group) is 1. The van der Waals surface area contributed by atoms with Gasteiger partial charge < -0.3 is 15.4 Å². The Morgan fingerprint density at radius 3 is 2.60 bits per heavy atom. The van der Waals surface area contributed by atoms with E-state index in [2.05, 4.69) is 0 Å². The van der Waals surface area contributed by atoms with Gasteiger partial charge in [-0.25, -0.2) is 0 Å². The number of nitrogens with two attached hydrogens (primary N) is 1. The molecule has 4 nitrogen and oxygen atoms in total. The third-order valence-electron chi connectivity index (χ3n) is 3.00. The summed E-state index contributed by atoms with van der Waals surface area (Å²) < 4.78 is 5.50. The van der Waals surface area contributed by atoms with Crippen molar-refractivity contribution in [2.24, 2.45) is 11.1 Å². The number of benzene rings is 1. The van der Waals surface area contributed by atoms with Gasteiger partial charge in [0.05, 0.1) is 0 Å². The number of rotatable bonds is 6. The first-order chi connectivity index (χ1) is 8.84. The standard InChI is InChI=1S/C15H24N2O2.ClH/c1-12-6-5-7-13(8-12)19-9-14(18)17(4)11-15(2,3)10-16;/h5-8H,9-11,16H2,1-4H3;1H. The van der Waals surface area contributed by atoms with Gasteiger partial charge in [-0.1, -0.05) is 26.0 Å². The molecule has 0 fully saturated rings. The number of halogens is 1. The predicted octanol–water partition coefficient (Wildman–Crippen LogP) is 2.24. The Morgan fingerprint density at radius 1 is 1.40 bits per heavy atom. The van der Waals surface area contributed by atoms with E-state index < -0.39 is 0 Å². The highest BCUT2D eigenvalue weighted by Gasteiger charge is 2.21. The summed E-state index contributed by atoms with van der Waals surface area (Å²) in [5.41, 5.74) is 6.71. The first-order valence-corrected chi connectivity index (χ1v) is 6.47. The summed E-state index contributed by atoms with van der Waals surface area (Å²) in [6.07, 6.45) is 0. The summed E-state index contributed by atoms with van der Waals surface area (Å²) in [5, 5.41) is 0. The summed E-state index contributed by atoms with van der Waals surface area (Å²) in [5.74, 6) is 0.683. The van der Waals surface area contributed by atoms with Crippen molar-refractivity contribution in [1.29, 1.82) is 0 Å². The molecular formula is C15H25ClN2O2. The lowest BCUT2D eigenvalue weighted by Gasteiger charge is -2.29. The first-order valence-electron chi connectivity index (χ1n) is 6.47. The second-order valence-corrected chi connectivity index (χ2v) is 5.72. The van der Waals surface area contributed by atoms with Gasteiger partial charge in [-0.15, -0.1) is 12.4 Å². The number of nitrogens with zero attached hydrogens (tertiary/aromatic N) is 1. The van der Waals surface area contributed by atoms with Crippen molar-refractivity contribution >= 4 is 18.3 Å². The molecule has 1 amide bonds. The van der Waals surface area contributed by atoms with Crippen LogP contribution < -0.4 is 10.5 Å². The van der Waals surface area contributed by atoms with Crippen LogP contribution in [-0.2, 0) is 4.79 Å².